The van der Waals surface area contributed by atoms with Crippen molar-refractivity contribution in [2.75, 3.05) is 6.54 Å². The van der Waals surface area contributed by atoms with E-state index in [-0.39, 0.29) is 6.04 Å². The molecule has 6 heteroatoms. The fraction of sp³-hybridized carbons (Fsp3) is 0.462. The van der Waals surface area contributed by atoms with Crippen LogP contribution in [0.1, 0.15) is 43.4 Å². The summed E-state index contributed by atoms with van der Waals surface area (Å²) in [6, 6.07) is 4.44. The molecule has 0 spiro atoms. The molecular weight excluding hydrogens is 346 g/mol. The zero-order valence-electron chi connectivity index (χ0n) is 11.2. The first-order valence-corrected chi connectivity index (χ1v) is 8.24. The molecule has 0 fully saturated rings. The minimum atomic E-state index is 0.113. The first-order chi connectivity index (χ1) is 9.04. The molecule has 19 heavy (non-hydrogen) atoms. The van der Waals surface area contributed by atoms with Crippen LogP contribution >= 0.6 is 38.9 Å². The van der Waals surface area contributed by atoms with Crippen LogP contribution in [0.3, 0.4) is 0 Å². The molecule has 0 radical (unpaired) electrons. The monoisotopic (exact) mass is 361 g/mol. The molecule has 0 aliphatic heterocycles. The van der Waals surface area contributed by atoms with E-state index in [1.54, 1.807) is 11.3 Å². The van der Waals surface area contributed by atoms with Gasteiger partial charge in [0, 0.05) is 10.9 Å². The van der Waals surface area contributed by atoms with E-state index in [2.05, 4.69) is 53.2 Å². The van der Waals surface area contributed by atoms with E-state index in [4.69, 9.17) is 11.6 Å². The molecule has 1 unspecified atom stereocenters. The van der Waals surface area contributed by atoms with Crippen molar-refractivity contribution < 1.29 is 0 Å². The fourth-order valence-corrected chi connectivity index (χ4v) is 3.69. The fourth-order valence-electron chi connectivity index (χ4n) is 2.05. The molecule has 104 valence electrons. The summed E-state index contributed by atoms with van der Waals surface area (Å²) in [5.74, 6) is 0. The first kappa shape index (κ1) is 15.0. The summed E-state index contributed by atoms with van der Waals surface area (Å²) >= 11 is 11.3. The van der Waals surface area contributed by atoms with Crippen molar-refractivity contribution in [2.45, 2.75) is 32.9 Å². The molecule has 1 atom stereocenters. The lowest BCUT2D eigenvalue weighted by Crippen LogP contribution is -2.25. The van der Waals surface area contributed by atoms with Crippen LogP contribution in [0.15, 0.2) is 22.8 Å². The van der Waals surface area contributed by atoms with Crippen molar-refractivity contribution in [1.29, 1.82) is 0 Å². The van der Waals surface area contributed by atoms with Crippen molar-refractivity contribution >= 4 is 38.9 Å². The van der Waals surface area contributed by atoms with Crippen molar-refractivity contribution in [3.63, 3.8) is 0 Å². The average molecular weight is 363 g/mol. The van der Waals surface area contributed by atoms with Gasteiger partial charge in [0.05, 0.1) is 26.7 Å². The molecule has 2 heterocycles. The Morgan fingerprint density at radius 1 is 1.47 bits per heavy atom. The molecule has 3 nitrogen and oxygen atoms in total. The third kappa shape index (κ3) is 3.21. The minimum Gasteiger partial charge on any atom is -0.305 e. The van der Waals surface area contributed by atoms with Crippen molar-refractivity contribution in [1.82, 2.24) is 15.1 Å². The van der Waals surface area contributed by atoms with Crippen LogP contribution in [0.2, 0.25) is 4.34 Å². The standard InChI is InChI=1S/C13H17BrClN3S/c1-4-16-12(10-5-6-11(15)19-10)13-9(14)7-17-18(13)8(2)3/h5-8,12,16H,4H2,1-3H3. The zero-order valence-corrected chi connectivity index (χ0v) is 14.3. The van der Waals surface area contributed by atoms with Gasteiger partial charge in [-0.25, -0.2) is 0 Å². The van der Waals surface area contributed by atoms with Crippen LogP contribution in [0.5, 0.6) is 0 Å². The quantitative estimate of drug-likeness (QED) is 0.839. The normalized spacial score (nSPS) is 13.2. The topological polar surface area (TPSA) is 29.9 Å². The second kappa shape index (κ2) is 6.39. The van der Waals surface area contributed by atoms with E-state index >= 15 is 0 Å². The van der Waals surface area contributed by atoms with Crippen molar-refractivity contribution in [3.05, 3.63) is 37.7 Å². The highest BCUT2D eigenvalue weighted by Crippen LogP contribution is 2.35. The van der Waals surface area contributed by atoms with Gasteiger partial charge < -0.3 is 5.32 Å². The maximum Gasteiger partial charge on any atom is 0.0931 e. The van der Waals surface area contributed by atoms with Crippen LogP contribution in [0.25, 0.3) is 0 Å². The lowest BCUT2D eigenvalue weighted by atomic mass is 10.1. The Kier molecular flexibility index (Phi) is 5.06. The summed E-state index contributed by atoms with van der Waals surface area (Å²) in [5.41, 5.74) is 1.15. The Morgan fingerprint density at radius 2 is 2.21 bits per heavy atom. The maximum absolute atomic E-state index is 6.06. The molecular formula is C13H17BrClN3S. The molecule has 0 amide bonds. The number of rotatable bonds is 5. The Morgan fingerprint density at radius 3 is 2.74 bits per heavy atom. The Bertz CT molecular complexity index is 550. The Hall–Kier alpha value is -0.360. The van der Waals surface area contributed by atoms with Gasteiger partial charge in [0.15, 0.2) is 0 Å². The van der Waals surface area contributed by atoms with Gasteiger partial charge in [-0.15, -0.1) is 11.3 Å². The summed E-state index contributed by atoms with van der Waals surface area (Å²) in [7, 11) is 0. The van der Waals surface area contributed by atoms with Gasteiger partial charge in [0.2, 0.25) is 0 Å². The van der Waals surface area contributed by atoms with Crippen molar-refractivity contribution in [3.8, 4) is 0 Å². The third-order valence-corrected chi connectivity index (χ3v) is 4.74. The van der Waals surface area contributed by atoms with Gasteiger partial charge in [0.25, 0.3) is 0 Å². The highest BCUT2D eigenvalue weighted by Gasteiger charge is 2.23. The SMILES string of the molecule is CCNC(c1ccc(Cl)s1)c1c(Br)cnn1C(C)C. The Balaban J connectivity index is 2.47. The number of hydrogen-bond donors (Lipinski definition) is 1. The van der Waals surface area contributed by atoms with Gasteiger partial charge in [-0.2, -0.15) is 5.10 Å². The predicted molar refractivity (Wildman–Crippen MR) is 85.2 cm³/mol. The summed E-state index contributed by atoms with van der Waals surface area (Å²) in [5, 5.41) is 7.96. The lowest BCUT2D eigenvalue weighted by molar-refractivity contribution is 0.477. The molecule has 2 rings (SSSR count). The van der Waals surface area contributed by atoms with E-state index in [0.717, 1.165) is 21.0 Å². The van der Waals surface area contributed by atoms with Crippen LogP contribution in [-0.4, -0.2) is 16.3 Å². The predicted octanol–water partition coefficient (Wildman–Crippen LogP) is 4.64. The van der Waals surface area contributed by atoms with Gasteiger partial charge >= 0.3 is 0 Å². The third-order valence-electron chi connectivity index (χ3n) is 2.84. The number of nitrogens with zero attached hydrogens (tertiary/aromatic N) is 2. The zero-order chi connectivity index (χ0) is 14.0. The Labute approximate surface area is 131 Å². The van der Waals surface area contributed by atoms with E-state index in [1.165, 1.54) is 4.88 Å². The largest absolute Gasteiger partial charge is 0.305 e. The molecule has 0 aliphatic rings. The highest BCUT2D eigenvalue weighted by atomic mass is 79.9. The molecule has 0 saturated heterocycles. The smallest absolute Gasteiger partial charge is 0.0931 e. The van der Waals surface area contributed by atoms with E-state index in [1.807, 2.05) is 16.9 Å². The molecule has 2 aromatic rings. The maximum atomic E-state index is 6.06. The van der Waals surface area contributed by atoms with Gasteiger partial charge in [0.1, 0.15) is 0 Å². The summed E-state index contributed by atoms with van der Waals surface area (Å²) in [6.07, 6.45) is 1.86. The number of hydrogen-bond acceptors (Lipinski definition) is 3. The molecule has 0 saturated carbocycles. The van der Waals surface area contributed by atoms with E-state index in [9.17, 15) is 0 Å². The molecule has 0 bridgehead atoms. The summed E-state index contributed by atoms with van der Waals surface area (Å²) in [4.78, 5) is 1.20. The van der Waals surface area contributed by atoms with Crippen LogP contribution in [0, 0.1) is 0 Å². The average Bonchev–Trinajstić information content (AvgIpc) is 2.93. The minimum absolute atomic E-state index is 0.113. The van der Waals surface area contributed by atoms with E-state index < -0.39 is 0 Å². The van der Waals surface area contributed by atoms with Crippen molar-refractivity contribution in [2.24, 2.45) is 0 Å². The lowest BCUT2D eigenvalue weighted by Gasteiger charge is -2.20. The van der Waals surface area contributed by atoms with Gasteiger partial charge in [-0.1, -0.05) is 18.5 Å². The molecule has 0 aliphatic carbocycles. The summed E-state index contributed by atoms with van der Waals surface area (Å²) < 4.78 is 3.88. The van der Waals surface area contributed by atoms with Crippen LogP contribution < -0.4 is 5.32 Å². The second-order valence-electron chi connectivity index (χ2n) is 4.55. The molecule has 1 N–H and O–H groups in total. The second-order valence-corrected chi connectivity index (χ2v) is 7.15. The first-order valence-electron chi connectivity index (χ1n) is 6.26. The number of aromatic nitrogens is 2. The van der Waals surface area contributed by atoms with Crippen LogP contribution in [0.4, 0.5) is 0 Å². The molecule has 2 aromatic heterocycles. The highest BCUT2D eigenvalue weighted by molar-refractivity contribution is 9.10. The van der Waals surface area contributed by atoms with Crippen LogP contribution in [-0.2, 0) is 0 Å². The van der Waals surface area contributed by atoms with Gasteiger partial charge in [-0.05, 0) is 48.5 Å². The number of thiophene rings is 1. The molecule has 0 aromatic carbocycles. The summed E-state index contributed by atoms with van der Waals surface area (Å²) in [6.45, 7) is 7.25. The van der Waals surface area contributed by atoms with Gasteiger partial charge in [-0.3, -0.25) is 4.68 Å². The number of nitrogens with one attached hydrogen (secondary N) is 1. The van der Waals surface area contributed by atoms with E-state index in [0.29, 0.717) is 6.04 Å². The number of halogens is 2.